The predicted molar refractivity (Wildman–Crippen MR) is 51.1 cm³/mol. The molecule has 0 aliphatic carbocycles. The zero-order chi connectivity index (χ0) is 8.53. The second kappa shape index (κ2) is 7.66. The third kappa shape index (κ3) is 5.98. The van der Waals surface area contributed by atoms with Gasteiger partial charge in [0, 0.05) is 12.3 Å². The molecule has 0 atom stereocenters. The summed E-state index contributed by atoms with van der Waals surface area (Å²) >= 11 is 0. The number of hydrogen-bond donors (Lipinski definition) is 0. The second-order valence-electron chi connectivity index (χ2n) is 2.79. The molecule has 0 spiro atoms. The third-order valence-electron chi connectivity index (χ3n) is 1.84. The summed E-state index contributed by atoms with van der Waals surface area (Å²) in [5.74, 6) is 7.10. The van der Waals surface area contributed by atoms with E-state index in [1.165, 1.54) is 12.8 Å². The van der Waals surface area contributed by atoms with Gasteiger partial charge in [-0.2, -0.15) is 0 Å². The molecule has 0 N–H and O–H groups in total. The fourth-order valence-corrected chi connectivity index (χ4v) is 0.923. The molecule has 0 aliphatic heterocycles. The third-order valence-corrected chi connectivity index (χ3v) is 1.84. The van der Waals surface area contributed by atoms with Crippen LogP contribution in [0.25, 0.3) is 0 Å². The largest absolute Gasteiger partial charge is 0.103 e. The maximum atomic E-state index is 3.77. The Balaban J connectivity index is 3.47. The van der Waals surface area contributed by atoms with E-state index in [0.29, 0.717) is 5.92 Å². The Bertz CT molecular complexity index is 121. The van der Waals surface area contributed by atoms with Crippen molar-refractivity contribution in [3.8, 4) is 11.8 Å². The first kappa shape index (κ1) is 10.6. The van der Waals surface area contributed by atoms with Crippen LogP contribution in [0.4, 0.5) is 0 Å². The molecule has 63 valence electrons. The maximum Gasteiger partial charge on any atom is 0.0197 e. The number of rotatable bonds is 4. The Morgan fingerprint density at radius 3 is 2.36 bits per heavy atom. The minimum absolute atomic E-state index is 0.625. The Hall–Kier alpha value is -0.440. The molecule has 0 unspecified atom stereocenters. The van der Waals surface area contributed by atoms with E-state index in [4.69, 9.17) is 0 Å². The summed E-state index contributed by atoms with van der Waals surface area (Å²) in [5, 5.41) is 0. The van der Waals surface area contributed by atoms with Gasteiger partial charge in [0.2, 0.25) is 0 Å². The van der Waals surface area contributed by atoms with Crippen molar-refractivity contribution in [1.29, 1.82) is 0 Å². The van der Waals surface area contributed by atoms with Crippen LogP contribution in [0, 0.1) is 24.7 Å². The summed E-state index contributed by atoms with van der Waals surface area (Å²) in [6.45, 7) is 8.17. The summed E-state index contributed by atoms with van der Waals surface area (Å²) in [6.07, 6.45) is 5.56. The maximum absolute atomic E-state index is 3.77. The second-order valence-corrected chi connectivity index (χ2v) is 2.79. The number of hydrogen-bond acceptors (Lipinski definition) is 0. The van der Waals surface area contributed by atoms with Gasteiger partial charge in [-0.25, -0.2) is 0 Å². The van der Waals surface area contributed by atoms with E-state index in [9.17, 15) is 0 Å². The normalized spacial score (nSPS) is 9.45. The average molecular weight is 151 g/mol. The van der Waals surface area contributed by atoms with Crippen molar-refractivity contribution in [3.63, 3.8) is 0 Å². The molecule has 0 amide bonds. The average Bonchev–Trinajstić information content (AvgIpc) is 2.05. The lowest BCUT2D eigenvalue weighted by molar-refractivity contribution is 0.626. The SMILES string of the molecule is [CH2]CCCC#CC(CC)CC. The van der Waals surface area contributed by atoms with Crippen molar-refractivity contribution in [3.05, 3.63) is 6.92 Å². The molecule has 0 nitrogen and oxygen atoms in total. The first-order valence-corrected chi connectivity index (χ1v) is 4.62. The highest BCUT2D eigenvalue weighted by Gasteiger charge is 1.94. The molecule has 0 heteroatoms. The highest BCUT2D eigenvalue weighted by atomic mass is 14.0. The summed E-state index contributed by atoms with van der Waals surface area (Å²) in [6, 6.07) is 0. The van der Waals surface area contributed by atoms with Gasteiger partial charge in [-0.3, -0.25) is 0 Å². The lowest BCUT2D eigenvalue weighted by Gasteiger charge is -2.00. The molecule has 0 saturated carbocycles. The molecule has 0 fully saturated rings. The van der Waals surface area contributed by atoms with Crippen molar-refractivity contribution in [2.24, 2.45) is 5.92 Å². The molecule has 1 radical (unpaired) electrons. The van der Waals surface area contributed by atoms with Crippen molar-refractivity contribution < 1.29 is 0 Å². The monoisotopic (exact) mass is 151 g/mol. The molecule has 0 saturated heterocycles. The van der Waals surface area contributed by atoms with Gasteiger partial charge in [0.1, 0.15) is 0 Å². The van der Waals surface area contributed by atoms with Crippen molar-refractivity contribution in [2.45, 2.75) is 46.0 Å². The van der Waals surface area contributed by atoms with Crippen molar-refractivity contribution >= 4 is 0 Å². The number of unbranched alkanes of at least 4 members (excludes halogenated alkanes) is 2. The molecule has 0 bridgehead atoms. The van der Waals surface area contributed by atoms with E-state index >= 15 is 0 Å². The summed E-state index contributed by atoms with van der Waals surface area (Å²) in [4.78, 5) is 0. The van der Waals surface area contributed by atoms with Gasteiger partial charge in [-0.15, -0.1) is 5.92 Å². The highest BCUT2D eigenvalue weighted by Crippen LogP contribution is 2.05. The molecule has 0 aromatic heterocycles. The highest BCUT2D eigenvalue weighted by molar-refractivity contribution is 5.02. The fraction of sp³-hybridized carbons (Fsp3) is 0.727. The summed E-state index contributed by atoms with van der Waals surface area (Å²) in [5.41, 5.74) is 0. The summed E-state index contributed by atoms with van der Waals surface area (Å²) < 4.78 is 0. The van der Waals surface area contributed by atoms with Crippen LogP contribution in [0.5, 0.6) is 0 Å². The topological polar surface area (TPSA) is 0 Å². The van der Waals surface area contributed by atoms with Crippen molar-refractivity contribution in [2.75, 3.05) is 0 Å². The van der Waals surface area contributed by atoms with E-state index in [1.54, 1.807) is 0 Å². The predicted octanol–water partition coefficient (Wildman–Crippen LogP) is 3.43. The molecular formula is C11H19. The van der Waals surface area contributed by atoms with Crippen LogP contribution in [0.15, 0.2) is 0 Å². The molecule has 0 heterocycles. The van der Waals surface area contributed by atoms with Gasteiger partial charge >= 0.3 is 0 Å². The molecule has 0 aromatic carbocycles. The summed E-state index contributed by atoms with van der Waals surface area (Å²) in [7, 11) is 0. The lowest BCUT2D eigenvalue weighted by Crippen LogP contribution is -1.90. The van der Waals surface area contributed by atoms with Crippen LogP contribution in [0.2, 0.25) is 0 Å². The Morgan fingerprint density at radius 1 is 1.27 bits per heavy atom. The van der Waals surface area contributed by atoms with Crippen LogP contribution in [-0.4, -0.2) is 0 Å². The molecule has 11 heavy (non-hydrogen) atoms. The zero-order valence-electron chi connectivity index (χ0n) is 7.82. The van der Waals surface area contributed by atoms with Crippen LogP contribution in [0.1, 0.15) is 46.0 Å². The first-order chi connectivity index (χ1) is 5.35. The van der Waals surface area contributed by atoms with Gasteiger partial charge in [0.15, 0.2) is 0 Å². The molecule has 0 aliphatic rings. The standard InChI is InChI=1S/C11H19/c1-4-7-8-9-10-11(5-2)6-3/h11H,1,4-8H2,2-3H3. The quantitative estimate of drug-likeness (QED) is 0.426. The van der Waals surface area contributed by atoms with Crippen LogP contribution >= 0.6 is 0 Å². The van der Waals surface area contributed by atoms with E-state index in [-0.39, 0.29) is 0 Å². The van der Waals surface area contributed by atoms with Crippen molar-refractivity contribution in [1.82, 2.24) is 0 Å². The van der Waals surface area contributed by atoms with Gasteiger partial charge in [0.05, 0.1) is 0 Å². The van der Waals surface area contributed by atoms with Crippen LogP contribution in [0.3, 0.4) is 0 Å². The van der Waals surface area contributed by atoms with Crippen LogP contribution in [-0.2, 0) is 0 Å². The lowest BCUT2D eigenvalue weighted by atomic mass is 10.0. The van der Waals surface area contributed by atoms with Gasteiger partial charge in [0.25, 0.3) is 0 Å². The molecule has 0 rings (SSSR count). The smallest absolute Gasteiger partial charge is 0.0197 e. The van der Waals surface area contributed by atoms with Gasteiger partial charge in [-0.1, -0.05) is 33.1 Å². The van der Waals surface area contributed by atoms with Gasteiger partial charge < -0.3 is 0 Å². The Labute approximate surface area is 71.4 Å². The molecular weight excluding hydrogens is 132 g/mol. The van der Waals surface area contributed by atoms with E-state index in [0.717, 1.165) is 19.3 Å². The molecule has 0 aromatic rings. The van der Waals surface area contributed by atoms with Gasteiger partial charge in [-0.05, 0) is 19.3 Å². The van der Waals surface area contributed by atoms with Crippen LogP contribution < -0.4 is 0 Å². The first-order valence-electron chi connectivity index (χ1n) is 4.62. The Kier molecular flexibility index (Phi) is 7.36. The Morgan fingerprint density at radius 2 is 1.91 bits per heavy atom. The van der Waals surface area contributed by atoms with E-state index in [1.807, 2.05) is 0 Å². The van der Waals surface area contributed by atoms with E-state index < -0.39 is 0 Å². The zero-order valence-corrected chi connectivity index (χ0v) is 7.82. The fourth-order valence-electron chi connectivity index (χ4n) is 0.923. The minimum Gasteiger partial charge on any atom is -0.103 e. The minimum atomic E-state index is 0.625. The van der Waals surface area contributed by atoms with E-state index in [2.05, 4.69) is 32.6 Å².